The lowest BCUT2D eigenvalue weighted by Gasteiger charge is -2.33. The van der Waals surface area contributed by atoms with Gasteiger partial charge < -0.3 is 16.0 Å². The molecule has 3 saturated heterocycles. The van der Waals surface area contributed by atoms with Gasteiger partial charge in [0, 0.05) is 49.4 Å². The number of aryl methyl sites for hydroxylation is 1. The molecule has 150 valence electrons. The molecule has 5 N–H and O–H groups in total. The molecule has 4 atom stereocenters. The summed E-state index contributed by atoms with van der Waals surface area (Å²) in [5.41, 5.74) is 9.38. The Morgan fingerprint density at radius 3 is 2.89 bits per heavy atom. The van der Waals surface area contributed by atoms with E-state index in [1.54, 1.807) is 0 Å². The summed E-state index contributed by atoms with van der Waals surface area (Å²) in [5, 5.41) is 15.1. The summed E-state index contributed by atoms with van der Waals surface area (Å²) < 4.78 is 1.88. The highest BCUT2D eigenvalue weighted by Gasteiger charge is 2.42. The molecule has 3 aliphatic rings. The van der Waals surface area contributed by atoms with Crippen LogP contribution in [0.15, 0.2) is 30.6 Å². The normalized spacial score (nSPS) is 30.9. The quantitative estimate of drug-likeness (QED) is 0.535. The van der Waals surface area contributed by atoms with Crippen LogP contribution in [0.1, 0.15) is 42.6 Å². The number of hydrogen-bond donors (Lipinski definition) is 5. The van der Waals surface area contributed by atoms with Crippen LogP contribution < -0.4 is 26.8 Å². The zero-order valence-electron chi connectivity index (χ0n) is 16.4. The van der Waals surface area contributed by atoms with Crippen LogP contribution in [0.2, 0.25) is 0 Å². The number of nitrogens with zero attached hydrogens (tertiary/aromatic N) is 3. The smallest absolute Gasteiger partial charge is 0.126 e. The second-order valence-electron chi connectivity index (χ2n) is 8.30. The lowest BCUT2D eigenvalue weighted by Crippen LogP contribution is -2.46. The van der Waals surface area contributed by atoms with Crippen LogP contribution >= 0.6 is 0 Å². The van der Waals surface area contributed by atoms with Crippen LogP contribution in [-0.4, -0.2) is 46.5 Å². The average Bonchev–Trinajstić information content (AvgIpc) is 3.35. The molecular formula is C20H30N8. The molecule has 8 heteroatoms. The fourth-order valence-electron chi connectivity index (χ4n) is 4.82. The van der Waals surface area contributed by atoms with Crippen LogP contribution in [0.5, 0.6) is 0 Å². The Morgan fingerprint density at radius 2 is 2.07 bits per heavy atom. The van der Waals surface area contributed by atoms with E-state index in [0.717, 1.165) is 50.4 Å². The molecule has 3 aliphatic heterocycles. The average molecular weight is 383 g/mol. The minimum atomic E-state index is 0.223. The van der Waals surface area contributed by atoms with Crippen molar-refractivity contribution in [2.45, 2.75) is 43.4 Å². The minimum Gasteiger partial charge on any atom is -0.367 e. The molecule has 5 heterocycles. The highest BCUT2D eigenvalue weighted by atomic mass is 15.4. The Balaban J connectivity index is 1.31. The van der Waals surface area contributed by atoms with E-state index >= 15 is 0 Å². The first-order chi connectivity index (χ1) is 13.8. The van der Waals surface area contributed by atoms with Crippen LogP contribution in [-0.2, 0) is 7.05 Å². The summed E-state index contributed by atoms with van der Waals surface area (Å²) in [6.45, 7) is 3.11. The first-order valence-corrected chi connectivity index (χ1v) is 10.4. The van der Waals surface area contributed by atoms with Crippen LogP contribution in [0.3, 0.4) is 0 Å². The molecule has 2 aromatic heterocycles. The third-order valence-corrected chi connectivity index (χ3v) is 6.37. The molecule has 28 heavy (non-hydrogen) atoms. The van der Waals surface area contributed by atoms with E-state index in [4.69, 9.17) is 4.98 Å². The van der Waals surface area contributed by atoms with Gasteiger partial charge in [0.1, 0.15) is 5.82 Å². The molecule has 0 spiro atoms. The van der Waals surface area contributed by atoms with E-state index in [-0.39, 0.29) is 6.04 Å². The van der Waals surface area contributed by atoms with Crippen molar-refractivity contribution in [3.05, 3.63) is 41.9 Å². The van der Waals surface area contributed by atoms with Crippen molar-refractivity contribution in [2.24, 2.45) is 13.0 Å². The summed E-state index contributed by atoms with van der Waals surface area (Å²) in [5.74, 6) is 1.49. The van der Waals surface area contributed by atoms with E-state index in [2.05, 4.69) is 56.3 Å². The van der Waals surface area contributed by atoms with Crippen LogP contribution in [0.4, 0.5) is 5.82 Å². The topological polar surface area (TPSA) is 90.9 Å². The zero-order valence-corrected chi connectivity index (χ0v) is 16.4. The first-order valence-electron chi connectivity index (χ1n) is 10.4. The Labute approximate surface area is 165 Å². The van der Waals surface area contributed by atoms with Crippen molar-refractivity contribution in [3.63, 3.8) is 0 Å². The number of hydrogen-bond acceptors (Lipinski definition) is 7. The van der Waals surface area contributed by atoms with E-state index in [1.165, 1.54) is 5.56 Å². The van der Waals surface area contributed by atoms with Gasteiger partial charge in [-0.15, -0.1) is 0 Å². The zero-order chi connectivity index (χ0) is 18.9. The molecule has 0 radical (unpaired) electrons. The van der Waals surface area contributed by atoms with E-state index in [9.17, 15) is 0 Å². The van der Waals surface area contributed by atoms with Crippen molar-refractivity contribution < 1.29 is 0 Å². The molecule has 2 aromatic rings. The second kappa shape index (κ2) is 7.79. The molecule has 0 saturated carbocycles. The molecule has 0 amide bonds. The van der Waals surface area contributed by atoms with Crippen molar-refractivity contribution in [1.29, 1.82) is 0 Å². The predicted molar refractivity (Wildman–Crippen MR) is 109 cm³/mol. The van der Waals surface area contributed by atoms with Gasteiger partial charge in [-0.2, -0.15) is 5.10 Å². The van der Waals surface area contributed by atoms with E-state index in [0.29, 0.717) is 24.0 Å². The fraction of sp³-hybridized carbons (Fsp3) is 0.600. The third kappa shape index (κ3) is 3.65. The van der Waals surface area contributed by atoms with Gasteiger partial charge in [0.05, 0.1) is 17.9 Å². The molecular weight excluding hydrogens is 352 g/mol. The minimum absolute atomic E-state index is 0.223. The highest BCUT2D eigenvalue weighted by molar-refractivity contribution is 5.37. The number of rotatable bonds is 4. The molecule has 3 fully saturated rings. The van der Waals surface area contributed by atoms with Crippen molar-refractivity contribution in [3.8, 4) is 0 Å². The lowest BCUT2D eigenvalue weighted by atomic mass is 9.82. The maximum absolute atomic E-state index is 4.97. The van der Waals surface area contributed by atoms with Gasteiger partial charge in [-0.05, 0) is 44.5 Å². The molecule has 0 aliphatic carbocycles. The molecule has 0 bridgehead atoms. The van der Waals surface area contributed by atoms with Gasteiger partial charge in [-0.1, -0.05) is 6.07 Å². The Kier molecular flexibility index (Phi) is 5.02. The van der Waals surface area contributed by atoms with E-state index in [1.807, 2.05) is 17.9 Å². The number of hydrazine groups is 1. The summed E-state index contributed by atoms with van der Waals surface area (Å²) in [7, 11) is 1.97. The van der Waals surface area contributed by atoms with Gasteiger partial charge in [0.2, 0.25) is 0 Å². The number of nitrogens with one attached hydrogen (secondary N) is 5. The number of piperidine rings is 2. The Morgan fingerprint density at radius 1 is 1.18 bits per heavy atom. The van der Waals surface area contributed by atoms with Crippen molar-refractivity contribution >= 4 is 5.82 Å². The standard InChI is InChI=1S/C20H30N8/c1-28-12-13(10-23-28)17-9-15-18(11-22-17)26-27-20(15)16-3-2-4-19(25-16)24-14-5-7-21-8-6-14/h2-4,10,12,14-15,17-18,20-22,26-27H,5-9,11H2,1H3,(H,24,25). The summed E-state index contributed by atoms with van der Waals surface area (Å²) in [4.78, 5) is 4.97. The molecule has 4 unspecified atom stereocenters. The number of pyridine rings is 1. The number of aromatic nitrogens is 3. The monoisotopic (exact) mass is 382 g/mol. The maximum atomic E-state index is 4.97. The Bertz CT molecular complexity index is 799. The number of anilines is 1. The first kappa shape index (κ1) is 18.1. The van der Waals surface area contributed by atoms with E-state index < -0.39 is 0 Å². The van der Waals surface area contributed by atoms with Gasteiger partial charge in [-0.25, -0.2) is 10.4 Å². The predicted octanol–water partition coefficient (Wildman–Crippen LogP) is 0.847. The Hall–Kier alpha value is -2.00. The van der Waals surface area contributed by atoms with Gasteiger partial charge in [0.25, 0.3) is 0 Å². The molecule has 8 nitrogen and oxygen atoms in total. The van der Waals surface area contributed by atoms with Gasteiger partial charge in [0.15, 0.2) is 0 Å². The van der Waals surface area contributed by atoms with Crippen LogP contribution in [0, 0.1) is 5.92 Å². The summed E-state index contributed by atoms with van der Waals surface area (Å²) in [6, 6.07) is 7.86. The molecule has 0 aromatic carbocycles. The number of fused-ring (bicyclic) bond motifs is 1. The molecule has 5 rings (SSSR count). The second-order valence-corrected chi connectivity index (χ2v) is 8.30. The highest BCUT2D eigenvalue weighted by Crippen LogP contribution is 2.38. The fourth-order valence-corrected chi connectivity index (χ4v) is 4.82. The van der Waals surface area contributed by atoms with Crippen molar-refractivity contribution in [2.75, 3.05) is 25.0 Å². The van der Waals surface area contributed by atoms with Gasteiger partial charge >= 0.3 is 0 Å². The maximum Gasteiger partial charge on any atom is 0.126 e. The SMILES string of the molecule is Cn1cc(C2CC3C(CN2)NNC3c2cccc(NC3CCNCC3)n2)cn1. The summed E-state index contributed by atoms with van der Waals surface area (Å²) in [6.07, 6.45) is 7.46. The summed E-state index contributed by atoms with van der Waals surface area (Å²) >= 11 is 0. The van der Waals surface area contributed by atoms with Crippen LogP contribution in [0.25, 0.3) is 0 Å². The van der Waals surface area contributed by atoms with Gasteiger partial charge in [-0.3, -0.25) is 10.1 Å². The lowest BCUT2D eigenvalue weighted by molar-refractivity contribution is 0.265. The third-order valence-electron chi connectivity index (χ3n) is 6.37. The van der Waals surface area contributed by atoms with Crippen molar-refractivity contribution in [1.82, 2.24) is 36.2 Å². The largest absolute Gasteiger partial charge is 0.367 e.